The summed E-state index contributed by atoms with van der Waals surface area (Å²) in [6.07, 6.45) is 8.10. The van der Waals surface area contributed by atoms with Gasteiger partial charge in [0.05, 0.1) is 18.8 Å². The molecule has 1 saturated carbocycles. The highest BCUT2D eigenvalue weighted by atomic mass is 16.5. The van der Waals surface area contributed by atoms with Crippen molar-refractivity contribution in [3.63, 3.8) is 0 Å². The van der Waals surface area contributed by atoms with Crippen molar-refractivity contribution in [2.24, 2.45) is 5.92 Å². The summed E-state index contributed by atoms with van der Waals surface area (Å²) in [5.74, 6) is 2.32. The number of amides is 1. The highest BCUT2D eigenvalue weighted by molar-refractivity contribution is 5.97. The predicted octanol–water partition coefficient (Wildman–Crippen LogP) is 3.40. The van der Waals surface area contributed by atoms with E-state index in [4.69, 9.17) is 14.8 Å². The van der Waals surface area contributed by atoms with Crippen LogP contribution in [0.25, 0.3) is 16.8 Å². The average Bonchev–Trinajstić information content (AvgIpc) is 3.42. The Balaban J connectivity index is 1.35. The molecule has 1 atom stereocenters. The molecule has 0 bridgehead atoms. The number of carbonyl (C=O) groups excluding carboxylic acids is 1. The number of rotatable bonds is 8. The first kappa shape index (κ1) is 24.2. The van der Waals surface area contributed by atoms with Gasteiger partial charge >= 0.3 is 0 Å². The zero-order valence-electron chi connectivity index (χ0n) is 21.4. The number of fused-ring (bicyclic) bond motifs is 1. The van der Waals surface area contributed by atoms with E-state index in [0.717, 1.165) is 98.8 Å². The molecule has 4 heterocycles. The molecular formula is C28H36N6O3. The Kier molecular flexibility index (Phi) is 6.73. The maximum atomic E-state index is 12.6. The largest absolute Gasteiger partial charge is 0.394 e. The van der Waals surface area contributed by atoms with Crippen molar-refractivity contribution in [2.45, 2.75) is 57.5 Å². The molecule has 2 aromatic heterocycles. The Hall–Kier alpha value is -3.17. The lowest BCUT2D eigenvalue weighted by Crippen LogP contribution is -2.33. The van der Waals surface area contributed by atoms with Crippen molar-refractivity contribution in [2.75, 3.05) is 43.1 Å². The molecule has 0 radical (unpaired) electrons. The Morgan fingerprint density at radius 2 is 2.00 bits per heavy atom. The molecule has 1 aromatic carbocycles. The van der Waals surface area contributed by atoms with E-state index in [-0.39, 0.29) is 18.6 Å². The number of aromatic nitrogens is 3. The zero-order valence-corrected chi connectivity index (χ0v) is 21.4. The minimum atomic E-state index is -0.00416. The van der Waals surface area contributed by atoms with Gasteiger partial charge in [0.25, 0.3) is 5.91 Å². The number of anilines is 2. The number of hydrogen-bond donors (Lipinski definition) is 3. The molecule has 6 rings (SSSR count). The Morgan fingerprint density at radius 3 is 2.76 bits per heavy atom. The Labute approximate surface area is 217 Å². The van der Waals surface area contributed by atoms with Crippen molar-refractivity contribution >= 4 is 23.2 Å². The van der Waals surface area contributed by atoms with E-state index in [9.17, 15) is 9.90 Å². The second kappa shape index (κ2) is 10.3. The van der Waals surface area contributed by atoms with Crippen LogP contribution in [0, 0.1) is 12.8 Å². The van der Waals surface area contributed by atoms with Gasteiger partial charge in [0.2, 0.25) is 0 Å². The molecule has 196 valence electrons. The molecule has 2 aliphatic heterocycles. The minimum absolute atomic E-state index is 0.00416. The minimum Gasteiger partial charge on any atom is -0.394 e. The van der Waals surface area contributed by atoms with Crippen molar-refractivity contribution < 1.29 is 14.6 Å². The summed E-state index contributed by atoms with van der Waals surface area (Å²) >= 11 is 0. The van der Waals surface area contributed by atoms with Gasteiger partial charge in [-0.15, -0.1) is 0 Å². The van der Waals surface area contributed by atoms with Gasteiger partial charge < -0.3 is 25.4 Å². The number of aryl methyl sites for hydroxylation is 1. The van der Waals surface area contributed by atoms with E-state index in [1.807, 2.05) is 29.8 Å². The highest BCUT2D eigenvalue weighted by Crippen LogP contribution is 2.32. The molecule has 37 heavy (non-hydrogen) atoms. The standard InChI is InChI=1S/C28H36N6O3/c1-18-13-20(4-7-23(18)28(36)31-21-5-6-21)24-16-30-34-25(29-15-19-8-11-37-12-9-19)14-26(32-27(24)34)33-10-2-3-22(33)17-35/h4,7,13-14,16,19,21-22,29,35H,2-3,5-6,8-12,15,17H2,1H3,(H,31,36). The van der Waals surface area contributed by atoms with Crippen molar-refractivity contribution in [1.29, 1.82) is 0 Å². The van der Waals surface area contributed by atoms with Gasteiger partial charge in [-0.05, 0) is 68.6 Å². The lowest BCUT2D eigenvalue weighted by molar-refractivity contribution is 0.0699. The Morgan fingerprint density at radius 1 is 1.16 bits per heavy atom. The van der Waals surface area contributed by atoms with Crippen LogP contribution in [0.2, 0.25) is 0 Å². The van der Waals surface area contributed by atoms with Crippen LogP contribution in [0.1, 0.15) is 54.4 Å². The molecule has 3 fully saturated rings. The van der Waals surface area contributed by atoms with Crippen LogP contribution in [0.4, 0.5) is 11.6 Å². The number of ether oxygens (including phenoxy) is 1. The topological polar surface area (TPSA) is 104 Å². The molecule has 9 heteroatoms. The summed E-state index contributed by atoms with van der Waals surface area (Å²) in [6, 6.07) is 8.41. The first-order valence-electron chi connectivity index (χ1n) is 13.6. The number of hydrogen-bond acceptors (Lipinski definition) is 7. The smallest absolute Gasteiger partial charge is 0.251 e. The van der Waals surface area contributed by atoms with Gasteiger partial charge in [0, 0.05) is 49.5 Å². The maximum absolute atomic E-state index is 12.6. The summed E-state index contributed by atoms with van der Waals surface area (Å²) < 4.78 is 7.41. The summed E-state index contributed by atoms with van der Waals surface area (Å²) in [6.45, 7) is 5.45. The lowest BCUT2D eigenvalue weighted by atomic mass is 10.0. The molecular weight excluding hydrogens is 468 g/mol. The lowest BCUT2D eigenvalue weighted by Gasteiger charge is -2.26. The third-order valence-electron chi connectivity index (χ3n) is 7.95. The average molecular weight is 505 g/mol. The van der Waals surface area contributed by atoms with E-state index < -0.39 is 0 Å². The van der Waals surface area contributed by atoms with Crippen LogP contribution in [0.3, 0.4) is 0 Å². The van der Waals surface area contributed by atoms with E-state index in [1.54, 1.807) is 0 Å². The van der Waals surface area contributed by atoms with Crippen molar-refractivity contribution in [3.8, 4) is 11.1 Å². The normalized spacial score (nSPS) is 20.5. The first-order valence-corrected chi connectivity index (χ1v) is 13.6. The third-order valence-corrected chi connectivity index (χ3v) is 7.95. The molecule has 1 aliphatic carbocycles. The fraction of sp³-hybridized carbons (Fsp3) is 0.536. The van der Waals surface area contributed by atoms with Crippen LogP contribution in [-0.2, 0) is 4.74 Å². The van der Waals surface area contributed by atoms with Gasteiger partial charge in [0.1, 0.15) is 11.6 Å². The summed E-state index contributed by atoms with van der Waals surface area (Å²) in [5.41, 5.74) is 4.32. The SMILES string of the molecule is Cc1cc(-c2cnn3c(NCC4CCOCC4)cc(N4CCCC4CO)nc23)ccc1C(=O)NC1CC1. The number of aliphatic hydroxyl groups excluding tert-OH is 1. The molecule has 3 aromatic rings. The monoisotopic (exact) mass is 504 g/mol. The van der Waals surface area contributed by atoms with Gasteiger partial charge in [0.15, 0.2) is 5.65 Å². The van der Waals surface area contributed by atoms with Crippen molar-refractivity contribution in [1.82, 2.24) is 19.9 Å². The fourth-order valence-electron chi connectivity index (χ4n) is 5.53. The number of carbonyl (C=O) groups is 1. The van der Waals surface area contributed by atoms with E-state index >= 15 is 0 Å². The second-order valence-corrected chi connectivity index (χ2v) is 10.7. The number of benzene rings is 1. The van der Waals surface area contributed by atoms with Crippen LogP contribution < -0.4 is 15.5 Å². The van der Waals surface area contributed by atoms with Crippen LogP contribution in [-0.4, -0.2) is 70.6 Å². The highest BCUT2D eigenvalue weighted by Gasteiger charge is 2.27. The van der Waals surface area contributed by atoms with Gasteiger partial charge in [-0.1, -0.05) is 12.1 Å². The fourth-order valence-corrected chi connectivity index (χ4v) is 5.53. The quantitative estimate of drug-likeness (QED) is 0.432. The van der Waals surface area contributed by atoms with Gasteiger partial charge in [-0.3, -0.25) is 4.79 Å². The maximum Gasteiger partial charge on any atom is 0.251 e. The predicted molar refractivity (Wildman–Crippen MR) is 143 cm³/mol. The van der Waals surface area contributed by atoms with E-state index in [0.29, 0.717) is 17.5 Å². The zero-order chi connectivity index (χ0) is 25.4. The number of nitrogens with one attached hydrogen (secondary N) is 2. The third kappa shape index (κ3) is 5.02. The molecule has 0 spiro atoms. The molecule has 9 nitrogen and oxygen atoms in total. The van der Waals surface area contributed by atoms with Crippen LogP contribution in [0.15, 0.2) is 30.5 Å². The molecule has 1 unspecified atom stereocenters. The molecule has 3 aliphatic rings. The van der Waals surface area contributed by atoms with Crippen molar-refractivity contribution in [3.05, 3.63) is 41.6 Å². The first-order chi connectivity index (χ1) is 18.1. The summed E-state index contributed by atoms with van der Waals surface area (Å²) in [4.78, 5) is 19.9. The van der Waals surface area contributed by atoms with E-state index in [1.165, 1.54) is 0 Å². The van der Waals surface area contributed by atoms with Crippen LogP contribution >= 0.6 is 0 Å². The molecule has 2 saturated heterocycles. The summed E-state index contributed by atoms with van der Waals surface area (Å²) in [5, 5.41) is 21.4. The van der Waals surface area contributed by atoms with Gasteiger partial charge in [-0.2, -0.15) is 9.61 Å². The number of aliphatic hydroxyl groups is 1. The second-order valence-electron chi connectivity index (χ2n) is 10.7. The van der Waals surface area contributed by atoms with E-state index in [2.05, 4.69) is 27.7 Å². The van der Waals surface area contributed by atoms with Gasteiger partial charge in [-0.25, -0.2) is 4.98 Å². The molecule has 1 amide bonds. The Bertz CT molecular complexity index is 1280. The van der Waals surface area contributed by atoms with Crippen LogP contribution in [0.5, 0.6) is 0 Å². The number of nitrogens with zero attached hydrogens (tertiary/aromatic N) is 4. The summed E-state index contributed by atoms with van der Waals surface area (Å²) in [7, 11) is 0. The molecule has 3 N–H and O–H groups in total.